The Labute approximate surface area is 98.4 Å². The van der Waals surface area contributed by atoms with Crippen LogP contribution in [0.1, 0.15) is 26.7 Å². The molecule has 4 nitrogen and oxygen atoms in total. The first-order chi connectivity index (χ1) is 7.54. The third-order valence-corrected chi connectivity index (χ3v) is 3.13. The van der Waals surface area contributed by atoms with Crippen molar-refractivity contribution >= 4 is 11.8 Å². The highest BCUT2D eigenvalue weighted by molar-refractivity contribution is 7.99. The van der Waals surface area contributed by atoms with Crippen LogP contribution >= 0.6 is 11.8 Å². The van der Waals surface area contributed by atoms with Crippen molar-refractivity contribution in [1.82, 2.24) is 10.1 Å². The second kappa shape index (κ2) is 4.33. The minimum absolute atomic E-state index is 0.199. The molecule has 0 aromatic carbocycles. The number of rotatable bonds is 3. The molecule has 0 saturated heterocycles. The van der Waals surface area contributed by atoms with Crippen LogP contribution in [0.3, 0.4) is 0 Å². The van der Waals surface area contributed by atoms with Gasteiger partial charge in [-0.05, 0) is 6.07 Å². The van der Waals surface area contributed by atoms with Gasteiger partial charge in [0.05, 0.1) is 17.6 Å². The molecular weight excluding hydrogens is 224 g/mol. The van der Waals surface area contributed by atoms with Crippen LogP contribution in [0.4, 0.5) is 0 Å². The van der Waals surface area contributed by atoms with E-state index in [1.807, 2.05) is 6.07 Å². The molecule has 0 unspecified atom stereocenters. The standard InChI is InChI=1S/C11H14N2O2S/c1-11(2,3)16-7-9-12-10(13-15-9)8-4-5-14-6-8/h4-6H,7H2,1-3H3. The zero-order valence-electron chi connectivity index (χ0n) is 9.56. The predicted molar refractivity (Wildman–Crippen MR) is 63.0 cm³/mol. The number of nitrogens with zero attached hydrogens (tertiary/aromatic N) is 2. The summed E-state index contributed by atoms with van der Waals surface area (Å²) in [4.78, 5) is 4.30. The van der Waals surface area contributed by atoms with Crippen LogP contribution in [0.15, 0.2) is 27.5 Å². The molecular formula is C11H14N2O2S. The van der Waals surface area contributed by atoms with Gasteiger partial charge in [-0.25, -0.2) is 0 Å². The van der Waals surface area contributed by atoms with Crippen molar-refractivity contribution in [3.63, 3.8) is 0 Å². The molecule has 0 aliphatic carbocycles. The highest BCUT2D eigenvalue weighted by Crippen LogP contribution is 2.27. The first kappa shape index (κ1) is 11.3. The predicted octanol–water partition coefficient (Wildman–Crippen LogP) is 3.36. The molecule has 16 heavy (non-hydrogen) atoms. The Morgan fingerprint density at radius 1 is 1.38 bits per heavy atom. The van der Waals surface area contributed by atoms with Crippen molar-refractivity contribution in [2.75, 3.05) is 0 Å². The number of hydrogen-bond donors (Lipinski definition) is 0. The Morgan fingerprint density at radius 2 is 2.19 bits per heavy atom. The van der Waals surface area contributed by atoms with Crippen LogP contribution in [-0.4, -0.2) is 14.9 Å². The van der Waals surface area contributed by atoms with E-state index in [0.717, 1.165) is 11.3 Å². The second-order valence-corrected chi connectivity index (χ2v) is 6.23. The molecule has 0 N–H and O–H groups in total. The summed E-state index contributed by atoms with van der Waals surface area (Å²) in [7, 11) is 0. The topological polar surface area (TPSA) is 52.1 Å². The van der Waals surface area contributed by atoms with Crippen molar-refractivity contribution in [2.45, 2.75) is 31.3 Å². The molecule has 86 valence electrons. The van der Waals surface area contributed by atoms with Gasteiger partial charge in [0.15, 0.2) is 0 Å². The zero-order valence-corrected chi connectivity index (χ0v) is 10.4. The number of hydrogen-bond acceptors (Lipinski definition) is 5. The summed E-state index contributed by atoms with van der Waals surface area (Å²) in [5.41, 5.74) is 0.843. The van der Waals surface area contributed by atoms with Gasteiger partial charge >= 0.3 is 0 Å². The van der Waals surface area contributed by atoms with Crippen LogP contribution in [0.5, 0.6) is 0 Å². The molecule has 0 aliphatic heterocycles. The lowest BCUT2D eigenvalue weighted by molar-refractivity contribution is 0.391. The first-order valence-electron chi connectivity index (χ1n) is 5.04. The van der Waals surface area contributed by atoms with Gasteiger partial charge in [0.2, 0.25) is 11.7 Å². The van der Waals surface area contributed by atoms with Crippen LogP contribution in [0.25, 0.3) is 11.4 Å². The fourth-order valence-corrected chi connectivity index (χ4v) is 1.77. The van der Waals surface area contributed by atoms with E-state index < -0.39 is 0 Å². The summed E-state index contributed by atoms with van der Waals surface area (Å²) < 4.78 is 10.3. The van der Waals surface area contributed by atoms with Crippen molar-refractivity contribution in [3.05, 3.63) is 24.5 Å². The van der Waals surface area contributed by atoms with Gasteiger partial charge in [-0.2, -0.15) is 4.98 Å². The average molecular weight is 238 g/mol. The molecule has 2 heterocycles. The lowest BCUT2D eigenvalue weighted by Crippen LogP contribution is -2.07. The van der Waals surface area contributed by atoms with E-state index in [-0.39, 0.29) is 4.75 Å². The van der Waals surface area contributed by atoms with E-state index in [1.165, 1.54) is 0 Å². The second-order valence-electron chi connectivity index (χ2n) is 4.42. The summed E-state index contributed by atoms with van der Waals surface area (Å²) in [6, 6.07) is 1.81. The summed E-state index contributed by atoms with van der Waals surface area (Å²) >= 11 is 1.78. The summed E-state index contributed by atoms with van der Waals surface area (Å²) in [5.74, 6) is 1.96. The Hall–Kier alpha value is -1.23. The van der Waals surface area contributed by atoms with E-state index in [1.54, 1.807) is 24.3 Å². The Morgan fingerprint density at radius 3 is 2.81 bits per heavy atom. The van der Waals surface area contributed by atoms with Crippen LogP contribution in [0, 0.1) is 0 Å². The largest absolute Gasteiger partial charge is 0.472 e. The van der Waals surface area contributed by atoms with Crippen LogP contribution in [-0.2, 0) is 5.75 Å². The molecule has 2 rings (SSSR count). The highest BCUT2D eigenvalue weighted by atomic mass is 32.2. The van der Waals surface area contributed by atoms with E-state index in [9.17, 15) is 0 Å². The first-order valence-corrected chi connectivity index (χ1v) is 6.02. The third-order valence-electron chi connectivity index (χ3n) is 1.88. The van der Waals surface area contributed by atoms with Gasteiger partial charge in [0.25, 0.3) is 0 Å². The SMILES string of the molecule is CC(C)(C)SCc1nc(-c2ccoc2)no1. The minimum Gasteiger partial charge on any atom is -0.472 e. The molecule has 0 saturated carbocycles. The summed E-state index contributed by atoms with van der Waals surface area (Å²) in [6.45, 7) is 6.47. The molecule has 0 amide bonds. The highest BCUT2D eigenvalue weighted by Gasteiger charge is 2.14. The van der Waals surface area contributed by atoms with Crippen molar-refractivity contribution in [2.24, 2.45) is 0 Å². The molecule has 2 aromatic heterocycles. The molecule has 0 atom stereocenters. The lowest BCUT2D eigenvalue weighted by Gasteiger charge is -2.15. The summed E-state index contributed by atoms with van der Waals surface area (Å²) in [5, 5.41) is 3.90. The van der Waals surface area contributed by atoms with Crippen molar-refractivity contribution in [3.8, 4) is 11.4 Å². The van der Waals surface area contributed by atoms with Gasteiger partial charge < -0.3 is 8.94 Å². The average Bonchev–Trinajstić information content (AvgIpc) is 2.84. The van der Waals surface area contributed by atoms with Gasteiger partial charge in [0.1, 0.15) is 6.26 Å². The van der Waals surface area contributed by atoms with E-state index in [0.29, 0.717) is 11.7 Å². The summed E-state index contributed by atoms with van der Waals surface area (Å²) in [6.07, 6.45) is 3.20. The van der Waals surface area contributed by atoms with E-state index in [4.69, 9.17) is 8.94 Å². The molecule has 2 aromatic rings. The van der Waals surface area contributed by atoms with E-state index in [2.05, 4.69) is 30.9 Å². The number of aromatic nitrogens is 2. The quantitative estimate of drug-likeness (QED) is 0.820. The maximum absolute atomic E-state index is 5.16. The number of thioether (sulfide) groups is 1. The number of furan rings is 1. The molecule has 0 bridgehead atoms. The van der Waals surface area contributed by atoms with Crippen molar-refractivity contribution in [1.29, 1.82) is 0 Å². The van der Waals surface area contributed by atoms with Crippen LogP contribution < -0.4 is 0 Å². The fourth-order valence-electron chi connectivity index (χ4n) is 1.10. The van der Waals surface area contributed by atoms with Gasteiger partial charge in [-0.3, -0.25) is 0 Å². The zero-order chi connectivity index (χ0) is 11.6. The smallest absolute Gasteiger partial charge is 0.236 e. The Balaban J connectivity index is 2.03. The van der Waals surface area contributed by atoms with Gasteiger partial charge in [-0.15, -0.1) is 11.8 Å². The molecule has 0 spiro atoms. The normalized spacial score (nSPS) is 11.9. The lowest BCUT2D eigenvalue weighted by atomic mass is 10.3. The third kappa shape index (κ3) is 2.88. The molecule has 0 radical (unpaired) electrons. The van der Waals surface area contributed by atoms with E-state index >= 15 is 0 Å². The molecule has 0 fully saturated rings. The minimum atomic E-state index is 0.199. The van der Waals surface area contributed by atoms with Gasteiger partial charge in [0, 0.05) is 4.75 Å². The maximum atomic E-state index is 5.16. The Bertz CT molecular complexity index is 443. The monoisotopic (exact) mass is 238 g/mol. The van der Waals surface area contributed by atoms with Crippen LogP contribution in [0.2, 0.25) is 0 Å². The maximum Gasteiger partial charge on any atom is 0.236 e. The Kier molecular flexibility index (Phi) is 3.05. The van der Waals surface area contributed by atoms with Crippen molar-refractivity contribution < 1.29 is 8.94 Å². The molecule has 5 heteroatoms. The van der Waals surface area contributed by atoms with Gasteiger partial charge in [-0.1, -0.05) is 25.9 Å². The fraction of sp³-hybridized carbons (Fsp3) is 0.455. The molecule has 0 aliphatic rings.